The second-order valence-corrected chi connectivity index (χ2v) is 16.8. The summed E-state index contributed by atoms with van der Waals surface area (Å²) in [7, 11) is 1.57. The molecular weight excluding hydrogens is 647 g/mol. The third kappa shape index (κ3) is 35.4. The first kappa shape index (κ1) is 49.0. The Labute approximate surface area is 309 Å². The molecule has 3 N–H and O–H groups in total. The van der Waals surface area contributed by atoms with Crippen molar-refractivity contribution in [3.05, 3.63) is 24.3 Å². The van der Waals surface area contributed by atoms with Gasteiger partial charge in [-0.25, -0.2) is 4.57 Å². The SMILES string of the molecule is CCCCC/C=C/C(O)C(COP(=O)(O)OCC[N+](C)(C)C)NC(=O)CCCCCCCCCCCCC/C=C\CCCCCCCCCC. The summed E-state index contributed by atoms with van der Waals surface area (Å²) in [5.41, 5.74) is 0. The van der Waals surface area contributed by atoms with E-state index in [9.17, 15) is 19.4 Å². The molecule has 3 unspecified atom stereocenters. The Morgan fingerprint density at radius 2 is 1.08 bits per heavy atom. The minimum atomic E-state index is -4.32. The highest BCUT2D eigenvalue weighted by atomic mass is 31.2. The van der Waals surface area contributed by atoms with Crippen LogP contribution in [0.25, 0.3) is 0 Å². The third-order valence-corrected chi connectivity index (χ3v) is 10.1. The number of rotatable bonds is 37. The third-order valence-electron chi connectivity index (χ3n) is 9.17. The lowest BCUT2D eigenvalue weighted by atomic mass is 10.0. The lowest BCUT2D eigenvalue weighted by molar-refractivity contribution is -0.870. The Hall–Kier alpha value is -1.02. The highest BCUT2D eigenvalue weighted by Gasteiger charge is 2.27. The molecule has 0 saturated heterocycles. The van der Waals surface area contributed by atoms with Crippen molar-refractivity contribution in [3.8, 4) is 0 Å². The van der Waals surface area contributed by atoms with Crippen molar-refractivity contribution in [2.75, 3.05) is 40.9 Å². The molecule has 0 rings (SSSR count). The van der Waals surface area contributed by atoms with Crippen LogP contribution < -0.4 is 5.32 Å². The zero-order chi connectivity index (χ0) is 37.2. The Morgan fingerprint density at radius 1 is 0.660 bits per heavy atom. The first-order chi connectivity index (χ1) is 24.0. The van der Waals surface area contributed by atoms with Crippen LogP contribution in [-0.2, 0) is 18.4 Å². The molecule has 0 aliphatic heterocycles. The second-order valence-electron chi connectivity index (χ2n) is 15.4. The van der Waals surface area contributed by atoms with Gasteiger partial charge in [0.1, 0.15) is 13.2 Å². The van der Waals surface area contributed by atoms with Gasteiger partial charge in [-0.1, -0.05) is 154 Å². The predicted octanol–water partition coefficient (Wildman–Crippen LogP) is 11.0. The van der Waals surface area contributed by atoms with Crippen molar-refractivity contribution in [2.24, 2.45) is 0 Å². The molecule has 0 bridgehead atoms. The van der Waals surface area contributed by atoms with Crippen LogP contribution in [-0.4, -0.2) is 73.4 Å². The summed E-state index contributed by atoms with van der Waals surface area (Å²) in [4.78, 5) is 22.9. The van der Waals surface area contributed by atoms with Gasteiger partial charge < -0.3 is 19.8 Å². The molecule has 50 heavy (non-hydrogen) atoms. The Bertz CT molecular complexity index is 876. The number of aliphatic hydroxyl groups excluding tert-OH is 1. The molecule has 3 atom stereocenters. The fourth-order valence-corrected chi connectivity index (χ4v) is 6.53. The van der Waals surface area contributed by atoms with E-state index < -0.39 is 20.0 Å². The lowest BCUT2D eigenvalue weighted by Crippen LogP contribution is -2.45. The molecule has 296 valence electrons. The molecule has 0 aromatic carbocycles. The van der Waals surface area contributed by atoms with Gasteiger partial charge in [0, 0.05) is 6.42 Å². The van der Waals surface area contributed by atoms with Crippen LogP contribution in [0.15, 0.2) is 24.3 Å². The topological polar surface area (TPSA) is 105 Å². The Balaban J connectivity index is 4.05. The quantitative estimate of drug-likeness (QED) is 0.0254. The van der Waals surface area contributed by atoms with Gasteiger partial charge in [0.2, 0.25) is 5.91 Å². The molecule has 0 aliphatic carbocycles. The number of amides is 1. The molecule has 0 aliphatic rings. The van der Waals surface area contributed by atoms with Crippen molar-refractivity contribution in [1.82, 2.24) is 5.32 Å². The van der Waals surface area contributed by atoms with Gasteiger partial charge in [-0.3, -0.25) is 13.8 Å². The van der Waals surface area contributed by atoms with Crippen LogP contribution in [0.1, 0.15) is 181 Å². The van der Waals surface area contributed by atoms with E-state index in [2.05, 4.69) is 31.3 Å². The van der Waals surface area contributed by atoms with Crippen LogP contribution in [0.2, 0.25) is 0 Å². The number of likely N-dealkylation sites (N-methyl/N-ethyl adjacent to an activating group) is 1. The molecule has 8 nitrogen and oxygen atoms in total. The van der Waals surface area contributed by atoms with Crippen molar-refractivity contribution in [1.29, 1.82) is 0 Å². The number of hydrogen-bond donors (Lipinski definition) is 3. The summed E-state index contributed by atoms with van der Waals surface area (Å²) in [5, 5.41) is 13.6. The summed E-state index contributed by atoms with van der Waals surface area (Å²) in [6.07, 6.45) is 38.7. The number of aliphatic hydroxyl groups is 1. The number of carbonyl (C=O) groups excluding carboxylic acids is 1. The van der Waals surface area contributed by atoms with E-state index >= 15 is 0 Å². The average molecular weight is 730 g/mol. The molecule has 0 radical (unpaired) electrons. The van der Waals surface area contributed by atoms with Gasteiger partial charge in [0.25, 0.3) is 0 Å². The summed E-state index contributed by atoms with van der Waals surface area (Å²) in [5.74, 6) is -0.185. The minimum Gasteiger partial charge on any atom is -0.387 e. The number of hydrogen-bond acceptors (Lipinski definition) is 5. The maximum Gasteiger partial charge on any atom is 0.472 e. The number of allylic oxidation sites excluding steroid dienone is 3. The number of nitrogens with one attached hydrogen (secondary N) is 1. The van der Waals surface area contributed by atoms with Crippen molar-refractivity contribution >= 4 is 13.7 Å². The molecule has 0 heterocycles. The summed E-state index contributed by atoms with van der Waals surface area (Å²) in [6, 6.07) is -0.839. The maximum absolute atomic E-state index is 12.7. The molecule has 0 spiro atoms. The van der Waals surface area contributed by atoms with Gasteiger partial charge in [0.05, 0.1) is 39.9 Å². The number of phosphoric ester groups is 1. The molecular formula is C41H82N2O6P+. The standard InChI is InChI=1S/C41H81N2O6P/c1-6-8-10-12-13-14-15-16-17-18-19-20-21-22-23-24-25-26-27-28-29-31-33-35-41(45)42-39(40(44)34-32-30-11-9-7-2)38-49-50(46,47)48-37-36-43(3,4)5/h18-19,32,34,39-40,44H,6-17,20-31,33,35-38H2,1-5H3,(H-,42,45,46,47)/p+1/b19-18-,34-32+. The molecule has 0 saturated carbocycles. The van der Waals surface area contributed by atoms with E-state index in [1.54, 1.807) is 6.08 Å². The van der Waals surface area contributed by atoms with Crippen LogP contribution in [0.3, 0.4) is 0 Å². The number of phosphoric acid groups is 1. The first-order valence-electron chi connectivity index (χ1n) is 20.7. The van der Waals surface area contributed by atoms with Gasteiger partial charge >= 0.3 is 7.82 Å². The molecule has 1 amide bonds. The number of unbranched alkanes of at least 4 members (excludes halogenated alkanes) is 22. The molecule has 0 aromatic rings. The first-order valence-corrected chi connectivity index (χ1v) is 22.2. The van der Waals surface area contributed by atoms with Crippen molar-refractivity contribution < 1.29 is 32.9 Å². The average Bonchev–Trinajstić information content (AvgIpc) is 3.06. The van der Waals surface area contributed by atoms with E-state index in [1.807, 2.05) is 27.2 Å². The van der Waals surface area contributed by atoms with Gasteiger partial charge in [-0.05, 0) is 44.9 Å². The summed E-state index contributed by atoms with van der Waals surface area (Å²) < 4.78 is 23.3. The monoisotopic (exact) mass is 730 g/mol. The van der Waals surface area contributed by atoms with Gasteiger partial charge in [-0.2, -0.15) is 0 Å². The second kappa shape index (κ2) is 33.8. The van der Waals surface area contributed by atoms with E-state index in [0.717, 1.165) is 44.9 Å². The largest absolute Gasteiger partial charge is 0.472 e. The van der Waals surface area contributed by atoms with Gasteiger partial charge in [-0.15, -0.1) is 0 Å². The van der Waals surface area contributed by atoms with E-state index in [4.69, 9.17) is 9.05 Å². The number of nitrogens with zero attached hydrogens (tertiary/aromatic N) is 1. The normalized spacial score (nSPS) is 14.8. The van der Waals surface area contributed by atoms with Crippen LogP contribution in [0.4, 0.5) is 0 Å². The van der Waals surface area contributed by atoms with Crippen molar-refractivity contribution in [3.63, 3.8) is 0 Å². The van der Waals surface area contributed by atoms with E-state index in [-0.39, 0.29) is 19.1 Å². The molecule has 9 heteroatoms. The maximum atomic E-state index is 12.7. The molecule has 0 fully saturated rings. The fraction of sp³-hybridized carbons (Fsp3) is 0.878. The summed E-state index contributed by atoms with van der Waals surface area (Å²) in [6.45, 7) is 4.70. The van der Waals surface area contributed by atoms with E-state index in [1.165, 1.54) is 116 Å². The highest BCUT2D eigenvalue weighted by Crippen LogP contribution is 2.43. The van der Waals surface area contributed by atoms with E-state index in [0.29, 0.717) is 17.4 Å². The Morgan fingerprint density at radius 3 is 1.58 bits per heavy atom. The van der Waals surface area contributed by atoms with Crippen molar-refractivity contribution in [2.45, 2.75) is 193 Å². The zero-order valence-corrected chi connectivity index (χ0v) is 34.3. The van der Waals surface area contributed by atoms with Crippen LogP contribution in [0.5, 0.6) is 0 Å². The summed E-state index contributed by atoms with van der Waals surface area (Å²) >= 11 is 0. The highest BCUT2D eigenvalue weighted by molar-refractivity contribution is 7.47. The molecule has 0 aromatic heterocycles. The smallest absolute Gasteiger partial charge is 0.387 e. The van der Waals surface area contributed by atoms with Crippen LogP contribution >= 0.6 is 7.82 Å². The zero-order valence-electron chi connectivity index (χ0n) is 33.4. The minimum absolute atomic E-state index is 0.0612. The number of carbonyl (C=O) groups is 1. The van der Waals surface area contributed by atoms with Crippen LogP contribution in [0, 0.1) is 0 Å². The van der Waals surface area contributed by atoms with Gasteiger partial charge in [0.15, 0.2) is 0 Å². The Kier molecular flexibility index (Phi) is 33.1. The fourth-order valence-electron chi connectivity index (χ4n) is 5.80. The number of quaternary nitrogens is 1. The predicted molar refractivity (Wildman–Crippen MR) is 212 cm³/mol. The lowest BCUT2D eigenvalue weighted by Gasteiger charge is -2.25.